The Kier molecular flexibility index (Phi) is 3.66. The van der Waals surface area contributed by atoms with Crippen LogP contribution < -0.4 is 10.4 Å². The third kappa shape index (κ3) is 2.52. The van der Waals surface area contributed by atoms with E-state index in [1.54, 1.807) is 12.1 Å². The molecule has 0 saturated carbocycles. The van der Waals surface area contributed by atoms with Gasteiger partial charge < -0.3 is 0 Å². The van der Waals surface area contributed by atoms with E-state index in [0.29, 0.717) is 10.7 Å². The lowest BCUT2D eigenvalue weighted by molar-refractivity contribution is 0.633. The van der Waals surface area contributed by atoms with Crippen molar-refractivity contribution in [1.29, 1.82) is 0 Å². The maximum absolute atomic E-state index is 6.40. The van der Waals surface area contributed by atoms with Crippen molar-refractivity contribution in [2.45, 2.75) is 13.0 Å². The molecule has 3 nitrogen and oxygen atoms in total. The minimum absolute atomic E-state index is 0.0987. The number of hydrogen-bond donors (Lipinski definition) is 1. The first-order valence-electron chi connectivity index (χ1n) is 6.65. The van der Waals surface area contributed by atoms with Crippen molar-refractivity contribution < 1.29 is 0 Å². The first kappa shape index (κ1) is 13.7. The fourth-order valence-electron chi connectivity index (χ4n) is 2.36. The number of fused-ring (bicyclic) bond motifs is 1. The van der Waals surface area contributed by atoms with E-state index in [4.69, 9.17) is 11.6 Å². The second-order valence-electron chi connectivity index (χ2n) is 4.72. The molecule has 1 atom stereocenters. The number of nitrogens with zero attached hydrogens (tertiary/aromatic N) is 2. The molecule has 0 spiro atoms. The van der Waals surface area contributed by atoms with Gasteiger partial charge in [-0.15, -0.1) is 0 Å². The summed E-state index contributed by atoms with van der Waals surface area (Å²) in [6, 6.07) is 11.9. The first-order chi connectivity index (χ1) is 10.2. The molecule has 1 unspecified atom stereocenters. The van der Waals surface area contributed by atoms with Crippen molar-refractivity contribution >= 4 is 23.1 Å². The third-order valence-corrected chi connectivity index (χ3v) is 3.58. The van der Waals surface area contributed by atoms with Crippen LogP contribution in [-0.4, -0.2) is 4.98 Å². The summed E-state index contributed by atoms with van der Waals surface area (Å²) in [4.78, 5) is 4.62. The van der Waals surface area contributed by atoms with Crippen LogP contribution in [0.5, 0.6) is 0 Å². The number of hydrogen-bond acceptors (Lipinski definition) is 3. The van der Waals surface area contributed by atoms with Gasteiger partial charge in [0.15, 0.2) is 5.82 Å². The zero-order valence-electron chi connectivity index (χ0n) is 11.6. The molecule has 0 radical (unpaired) electrons. The van der Waals surface area contributed by atoms with Gasteiger partial charge in [-0.2, -0.15) is 0 Å². The molecular weight excluding hydrogens is 282 g/mol. The second kappa shape index (κ2) is 5.61. The Hall–Kier alpha value is -2.28. The van der Waals surface area contributed by atoms with Crippen molar-refractivity contribution in [2.24, 2.45) is 0 Å². The Morgan fingerprint density at radius 2 is 2.14 bits per heavy atom. The van der Waals surface area contributed by atoms with Gasteiger partial charge in [-0.25, -0.2) is 10.4 Å². The van der Waals surface area contributed by atoms with Crippen molar-refractivity contribution in [1.82, 2.24) is 10.4 Å². The molecule has 21 heavy (non-hydrogen) atoms. The molecule has 0 saturated heterocycles. The molecule has 3 rings (SSSR count). The summed E-state index contributed by atoms with van der Waals surface area (Å²) < 4.78 is 0. The van der Waals surface area contributed by atoms with Crippen LogP contribution in [0.25, 0.3) is 0 Å². The number of halogens is 1. The largest absolute Gasteiger partial charge is 0.259 e. The van der Waals surface area contributed by atoms with Crippen LogP contribution in [0.2, 0.25) is 5.02 Å². The number of benzene rings is 1. The molecule has 0 aliphatic carbocycles. The fraction of sp³-hybridized carbons (Fsp3) is 0.118. The third-order valence-electron chi connectivity index (χ3n) is 3.27. The zero-order chi connectivity index (χ0) is 14.8. The van der Waals surface area contributed by atoms with E-state index in [1.165, 1.54) is 0 Å². The molecule has 1 aromatic carbocycles. The Labute approximate surface area is 129 Å². The average Bonchev–Trinajstić information content (AvgIpc) is 2.83. The summed E-state index contributed by atoms with van der Waals surface area (Å²) in [5.74, 6) is 6.54. The van der Waals surface area contributed by atoms with E-state index in [1.807, 2.05) is 35.3 Å². The SMILES string of the molecule is C=CC#Cc1cc(Cl)c2c(n1)N(c1ccccc1)NC2C. The molecule has 2 heterocycles. The van der Waals surface area contributed by atoms with Crippen molar-refractivity contribution in [2.75, 3.05) is 5.01 Å². The number of para-hydroxylation sites is 1. The van der Waals surface area contributed by atoms with Crippen LogP contribution in [0.15, 0.2) is 49.1 Å². The molecule has 4 heteroatoms. The summed E-state index contributed by atoms with van der Waals surface area (Å²) in [7, 11) is 0. The predicted molar refractivity (Wildman–Crippen MR) is 86.5 cm³/mol. The van der Waals surface area contributed by atoms with Crippen LogP contribution in [0.3, 0.4) is 0 Å². The maximum Gasteiger partial charge on any atom is 0.155 e. The lowest BCUT2D eigenvalue weighted by Crippen LogP contribution is -2.29. The number of allylic oxidation sites excluding steroid dienone is 1. The molecule has 104 valence electrons. The van der Waals surface area contributed by atoms with Gasteiger partial charge >= 0.3 is 0 Å². The molecule has 2 aromatic rings. The summed E-state index contributed by atoms with van der Waals surface area (Å²) in [5.41, 5.74) is 6.02. The number of pyridine rings is 1. The van der Waals surface area contributed by atoms with Crippen LogP contribution in [0.1, 0.15) is 24.2 Å². The van der Waals surface area contributed by atoms with Gasteiger partial charge in [0.05, 0.1) is 16.8 Å². The maximum atomic E-state index is 6.40. The standard InChI is InChI=1S/C17H14ClN3/c1-3-4-8-13-11-15(18)16-12(2)20-21(17(16)19-13)14-9-6-5-7-10-14/h3,5-7,9-12,20H,1H2,2H3. The molecular formula is C17H14ClN3. The molecule has 1 aromatic heterocycles. The van der Waals surface area contributed by atoms with E-state index < -0.39 is 0 Å². The van der Waals surface area contributed by atoms with Crippen molar-refractivity contribution in [3.05, 3.63) is 65.3 Å². The Morgan fingerprint density at radius 3 is 2.86 bits per heavy atom. The quantitative estimate of drug-likeness (QED) is 0.806. The Bertz CT molecular complexity index is 744. The number of anilines is 2. The molecule has 0 fully saturated rings. The zero-order valence-corrected chi connectivity index (χ0v) is 12.4. The summed E-state index contributed by atoms with van der Waals surface area (Å²) >= 11 is 6.40. The van der Waals surface area contributed by atoms with Crippen molar-refractivity contribution in [3.8, 4) is 11.8 Å². The Balaban J connectivity index is 2.13. The van der Waals surface area contributed by atoms with E-state index >= 15 is 0 Å². The smallest absolute Gasteiger partial charge is 0.155 e. The van der Waals surface area contributed by atoms with Gasteiger partial charge in [-0.1, -0.05) is 42.3 Å². The first-order valence-corrected chi connectivity index (χ1v) is 7.02. The highest BCUT2D eigenvalue weighted by atomic mass is 35.5. The molecule has 1 N–H and O–H groups in total. The Morgan fingerprint density at radius 1 is 1.38 bits per heavy atom. The monoisotopic (exact) mass is 295 g/mol. The summed E-state index contributed by atoms with van der Waals surface area (Å²) in [6.07, 6.45) is 1.54. The highest BCUT2D eigenvalue weighted by Crippen LogP contribution is 2.40. The van der Waals surface area contributed by atoms with Crippen LogP contribution in [0, 0.1) is 11.8 Å². The van der Waals surface area contributed by atoms with Gasteiger partial charge in [0.25, 0.3) is 0 Å². The average molecular weight is 296 g/mol. The topological polar surface area (TPSA) is 28.2 Å². The van der Waals surface area contributed by atoms with E-state index in [2.05, 4.69) is 35.8 Å². The highest BCUT2D eigenvalue weighted by molar-refractivity contribution is 6.32. The number of rotatable bonds is 1. The van der Waals surface area contributed by atoms with Crippen molar-refractivity contribution in [3.63, 3.8) is 0 Å². The fourth-order valence-corrected chi connectivity index (χ4v) is 2.72. The lowest BCUT2D eigenvalue weighted by atomic mass is 10.1. The van der Waals surface area contributed by atoms with E-state index in [-0.39, 0.29) is 6.04 Å². The molecule has 1 aliphatic heterocycles. The van der Waals surface area contributed by atoms with Crippen LogP contribution in [0.4, 0.5) is 11.5 Å². The van der Waals surface area contributed by atoms with Crippen LogP contribution >= 0.6 is 11.6 Å². The van der Waals surface area contributed by atoms with E-state index in [9.17, 15) is 0 Å². The minimum atomic E-state index is 0.0987. The summed E-state index contributed by atoms with van der Waals surface area (Å²) in [6.45, 7) is 5.65. The van der Waals surface area contributed by atoms with E-state index in [0.717, 1.165) is 17.1 Å². The lowest BCUT2D eigenvalue weighted by Gasteiger charge is -2.19. The van der Waals surface area contributed by atoms with Gasteiger partial charge in [0.1, 0.15) is 5.69 Å². The van der Waals surface area contributed by atoms with Gasteiger partial charge in [0.2, 0.25) is 0 Å². The van der Waals surface area contributed by atoms with Gasteiger partial charge in [0, 0.05) is 5.56 Å². The molecule has 0 bridgehead atoms. The number of hydrazine groups is 1. The normalized spacial score (nSPS) is 16.1. The number of aromatic nitrogens is 1. The predicted octanol–water partition coefficient (Wildman–Crippen LogP) is 3.99. The van der Waals surface area contributed by atoms with Crippen LogP contribution in [-0.2, 0) is 0 Å². The minimum Gasteiger partial charge on any atom is -0.259 e. The number of nitrogens with one attached hydrogen (secondary N) is 1. The van der Waals surface area contributed by atoms with Gasteiger partial charge in [-0.05, 0) is 37.1 Å². The van der Waals surface area contributed by atoms with Gasteiger partial charge in [-0.3, -0.25) is 5.01 Å². The highest BCUT2D eigenvalue weighted by Gasteiger charge is 2.30. The molecule has 1 aliphatic rings. The second-order valence-corrected chi connectivity index (χ2v) is 5.13. The molecule has 0 amide bonds. The summed E-state index contributed by atoms with van der Waals surface area (Å²) in [5, 5.41) is 2.62.